The van der Waals surface area contributed by atoms with Gasteiger partial charge in [-0.05, 0) is 61.6 Å². The highest BCUT2D eigenvalue weighted by Crippen LogP contribution is 2.44. The molecule has 0 aromatic heterocycles. The zero-order valence-electron chi connectivity index (χ0n) is 22.1. The van der Waals surface area contributed by atoms with Crippen LogP contribution in [-0.4, -0.2) is 54.7 Å². The Hall–Kier alpha value is -3.39. The van der Waals surface area contributed by atoms with Crippen LogP contribution in [0.15, 0.2) is 42.0 Å². The number of rotatable bonds is 11. The summed E-state index contributed by atoms with van der Waals surface area (Å²) < 4.78 is 39.4. The Morgan fingerprint density at radius 3 is 2.11 bits per heavy atom. The summed E-state index contributed by atoms with van der Waals surface area (Å²) >= 11 is 0. The average molecular weight is 501 g/mol. The van der Waals surface area contributed by atoms with Gasteiger partial charge in [0.25, 0.3) is 0 Å². The van der Waals surface area contributed by atoms with E-state index in [9.17, 15) is 4.79 Å². The van der Waals surface area contributed by atoms with Gasteiger partial charge in [0.1, 0.15) is 0 Å². The topological polar surface area (TPSA) is 81.7 Å². The fraction of sp³-hybridized carbons (Fsp3) is 0.464. The summed E-state index contributed by atoms with van der Waals surface area (Å²) in [5.74, 6) is 2.64. The Morgan fingerprint density at radius 1 is 0.917 bits per heavy atom. The van der Waals surface area contributed by atoms with Gasteiger partial charge in [0, 0.05) is 11.5 Å². The van der Waals surface area contributed by atoms with Crippen molar-refractivity contribution in [2.75, 3.05) is 48.8 Å². The second-order valence-corrected chi connectivity index (χ2v) is 8.60. The van der Waals surface area contributed by atoms with Crippen LogP contribution in [0.25, 0.3) is 0 Å². The molecule has 36 heavy (non-hydrogen) atoms. The number of esters is 1. The summed E-state index contributed by atoms with van der Waals surface area (Å²) in [6.45, 7) is 4.28. The zero-order valence-corrected chi connectivity index (χ0v) is 22.1. The third-order valence-corrected chi connectivity index (χ3v) is 6.60. The molecule has 0 spiro atoms. The third kappa shape index (κ3) is 5.87. The molecule has 0 aliphatic carbocycles. The van der Waals surface area contributed by atoms with Crippen molar-refractivity contribution in [1.82, 2.24) is 0 Å². The predicted molar refractivity (Wildman–Crippen MR) is 135 cm³/mol. The molecule has 1 aliphatic rings. The SMILES string of the molecule is C/C=C(/C)C(=O)OC[C@H]1[C@@H](Cc2cc(OC)c(OC)c(OC)c2)CO[C@@H]1c1ccc(OC)c(OC)c1. The quantitative estimate of drug-likeness (QED) is 0.322. The van der Waals surface area contributed by atoms with Gasteiger partial charge >= 0.3 is 5.97 Å². The number of allylic oxidation sites excluding steroid dienone is 1. The van der Waals surface area contributed by atoms with Crippen molar-refractivity contribution in [3.63, 3.8) is 0 Å². The number of ether oxygens (including phenoxy) is 7. The molecule has 2 aromatic rings. The Morgan fingerprint density at radius 2 is 1.56 bits per heavy atom. The van der Waals surface area contributed by atoms with Crippen LogP contribution in [0.3, 0.4) is 0 Å². The Balaban J connectivity index is 1.92. The minimum absolute atomic E-state index is 0.0737. The van der Waals surface area contributed by atoms with E-state index >= 15 is 0 Å². The highest BCUT2D eigenvalue weighted by atomic mass is 16.5. The van der Waals surface area contributed by atoms with Gasteiger partial charge in [0.15, 0.2) is 23.0 Å². The van der Waals surface area contributed by atoms with Gasteiger partial charge in [-0.25, -0.2) is 4.79 Å². The first-order valence-corrected chi connectivity index (χ1v) is 11.8. The molecule has 1 heterocycles. The summed E-state index contributed by atoms with van der Waals surface area (Å²) in [6.07, 6.45) is 2.13. The fourth-order valence-electron chi connectivity index (χ4n) is 4.49. The van der Waals surface area contributed by atoms with Gasteiger partial charge in [-0.15, -0.1) is 0 Å². The number of carbonyl (C=O) groups is 1. The minimum atomic E-state index is -0.331. The van der Waals surface area contributed by atoms with Crippen molar-refractivity contribution >= 4 is 5.97 Å². The molecule has 1 fully saturated rings. The zero-order chi connectivity index (χ0) is 26.2. The molecule has 0 amide bonds. The maximum atomic E-state index is 12.4. The molecule has 8 heteroatoms. The molecule has 0 unspecified atom stereocenters. The second kappa shape index (κ2) is 12.5. The van der Waals surface area contributed by atoms with Gasteiger partial charge in [-0.3, -0.25) is 0 Å². The number of benzene rings is 2. The second-order valence-electron chi connectivity index (χ2n) is 8.60. The van der Waals surface area contributed by atoms with Crippen molar-refractivity contribution in [3.8, 4) is 28.7 Å². The average Bonchev–Trinajstić information content (AvgIpc) is 3.31. The summed E-state index contributed by atoms with van der Waals surface area (Å²) in [5, 5.41) is 0. The van der Waals surface area contributed by atoms with E-state index in [1.807, 2.05) is 37.3 Å². The van der Waals surface area contributed by atoms with Gasteiger partial charge in [-0.2, -0.15) is 0 Å². The lowest BCUT2D eigenvalue weighted by atomic mass is 9.84. The van der Waals surface area contributed by atoms with Crippen molar-refractivity contribution in [2.45, 2.75) is 26.4 Å². The Bertz CT molecular complexity index is 1050. The van der Waals surface area contributed by atoms with Crippen LogP contribution < -0.4 is 23.7 Å². The van der Waals surface area contributed by atoms with Crippen LogP contribution in [0.1, 0.15) is 31.1 Å². The molecule has 8 nitrogen and oxygen atoms in total. The molecule has 3 atom stereocenters. The van der Waals surface area contributed by atoms with E-state index in [-0.39, 0.29) is 30.5 Å². The standard InChI is InChI=1S/C28H36O8/c1-8-17(2)28(29)36-16-21-20(11-18-12-24(32-5)27(34-7)25(13-18)33-6)15-35-26(21)19-9-10-22(30-3)23(14-19)31-4/h8-10,12-14,20-21,26H,11,15-16H2,1-7H3/b17-8-/t20-,21-,26+/m0/s1. The van der Waals surface area contributed by atoms with Crippen LogP contribution in [-0.2, 0) is 20.7 Å². The van der Waals surface area contributed by atoms with E-state index in [4.69, 9.17) is 33.2 Å². The predicted octanol–water partition coefficient (Wildman–Crippen LogP) is 4.79. The lowest BCUT2D eigenvalue weighted by Crippen LogP contribution is -2.24. The number of hydrogen-bond acceptors (Lipinski definition) is 8. The molecular formula is C28H36O8. The van der Waals surface area contributed by atoms with Crippen molar-refractivity contribution in [3.05, 3.63) is 53.1 Å². The number of methoxy groups -OCH3 is 5. The van der Waals surface area contributed by atoms with E-state index in [1.54, 1.807) is 48.5 Å². The van der Waals surface area contributed by atoms with E-state index in [0.29, 0.717) is 47.3 Å². The Labute approximate surface area is 213 Å². The van der Waals surface area contributed by atoms with Gasteiger partial charge in [0.2, 0.25) is 5.75 Å². The van der Waals surface area contributed by atoms with E-state index in [0.717, 1.165) is 11.1 Å². The lowest BCUT2D eigenvalue weighted by Gasteiger charge is -2.24. The molecule has 196 valence electrons. The molecular weight excluding hydrogens is 464 g/mol. The fourth-order valence-corrected chi connectivity index (χ4v) is 4.49. The van der Waals surface area contributed by atoms with Gasteiger partial charge < -0.3 is 33.2 Å². The smallest absolute Gasteiger partial charge is 0.333 e. The first-order valence-electron chi connectivity index (χ1n) is 11.8. The van der Waals surface area contributed by atoms with Gasteiger partial charge in [0.05, 0.1) is 54.9 Å². The molecule has 2 aromatic carbocycles. The summed E-state index contributed by atoms with van der Waals surface area (Å²) in [7, 11) is 7.97. The van der Waals surface area contributed by atoms with Gasteiger partial charge in [-0.1, -0.05) is 12.1 Å². The molecule has 3 rings (SSSR count). The van der Waals surface area contributed by atoms with Crippen molar-refractivity contribution < 1.29 is 38.0 Å². The minimum Gasteiger partial charge on any atom is -0.493 e. The van der Waals surface area contributed by atoms with Crippen molar-refractivity contribution in [1.29, 1.82) is 0 Å². The van der Waals surface area contributed by atoms with Crippen LogP contribution in [0, 0.1) is 11.8 Å². The van der Waals surface area contributed by atoms with E-state index < -0.39 is 0 Å². The molecule has 0 bridgehead atoms. The summed E-state index contributed by atoms with van der Waals surface area (Å²) in [6, 6.07) is 9.62. The van der Waals surface area contributed by atoms with Crippen LogP contribution in [0.2, 0.25) is 0 Å². The molecule has 0 N–H and O–H groups in total. The van der Waals surface area contributed by atoms with Crippen LogP contribution >= 0.6 is 0 Å². The highest BCUT2D eigenvalue weighted by Gasteiger charge is 2.39. The number of hydrogen-bond donors (Lipinski definition) is 0. The molecule has 0 radical (unpaired) electrons. The first-order chi connectivity index (χ1) is 17.4. The maximum absolute atomic E-state index is 12.4. The maximum Gasteiger partial charge on any atom is 0.333 e. The Kier molecular flexibility index (Phi) is 9.47. The van der Waals surface area contributed by atoms with Crippen LogP contribution in [0.4, 0.5) is 0 Å². The number of carbonyl (C=O) groups excluding carboxylic acids is 1. The monoisotopic (exact) mass is 500 g/mol. The van der Waals surface area contributed by atoms with E-state index in [1.165, 1.54) is 0 Å². The van der Waals surface area contributed by atoms with Crippen LogP contribution in [0.5, 0.6) is 28.7 Å². The molecule has 1 saturated heterocycles. The summed E-state index contributed by atoms with van der Waals surface area (Å²) in [5.41, 5.74) is 2.51. The lowest BCUT2D eigenvalue weighted by molar-refractivity contribution is -0.141. The summed E-state index contributed by atoms with van der Waals surface area (Å²) in [4.78, 5) is 12.4. The third-order valence-electron chi connectivity index (χ3n) is 6.60. The normalized spacial score (nSPS) is 19.5. The molecule has 1 aliphatic heterocycles. The first kappa shape index (κ1) is 27.2. The van der Waals surface area contributed by atoms with E-state index in [2.05, 4.69) is 0 Å². The molecule has 0 saturated carbocycles. The largest absolute Gasteiger partial charge is 0.493 e. The van der Waals surface area contributed by atoms with Crippen molar-refractivity contribution in [2.24, 2.45) is 11.8 Å². The highest BCUT2D eigenvalue weighted by molar-refractivity contribution is 5.87.